The molecule has 0 heterocycles. The van der Waals surface area contributed by atoms with Crippen molar-refractivity contribution in [1.82, 2.24) is 0 Å². The molecule has 0 N–H and O–H groups in total. The monoisotopic (exact) mass is 1040 g/mol. The summed E-state index contributed by atoms with van der Waals surface area (Å²) in [4.78, 5) is 4.70. The molecule has 0 radical (unpaired) electrons. The highest BCUT2D eigenvalue weighted by Gasteiger charge is 2.35. The van der Waals surface area contributed by atoms with Crippen LogP contribution in [-0.2, 0) is 29.1 Å². The van der Waals surface area contributed by atoms with Crippen molar-refractivity contribution in [1.29, 1.82) is 0 Å². The van der Waals surface area contributed by atoms with Gasteiger partial charge in [-0.25, -0.2) is 0 Å². The number of anilines is 5. The van der Waals surface area contributed by atoms with Crippen LogP contribution in [0.1, 0.15) is 120 Å². The van der Waals surface area contributed by atoms with Crippen LogP contribution in [0.2, 0.25) is 0 Å². The van der Waals surface area contributed by atoms with Crippen molar-refractivity contribution in [3.8, 4) is 22.3 Å². The van der Waals surface area contributed by atoms with Gasteiger partial charge in [-0.1, -0.05) is 225 Å². The fourth-order valence-corrected chi connectivity index (χ4v) is 12.6. The van der Waals surface area contributed by atoms with E-state index in [-0.39, 0.29) is 16.2 Å². The van der Waals surface area contributed by atoms with Gasteiger partial charge in [-0.2, -0.15) is 0 Å². The van der Waals surface area contributed by atoms with Gasteiger partial charge in [0.25, 0.3) is 0 Å². The topological polar surface area (TPSA) is 6.48 Å². The van der Waals surface area contributed by atoms with E-state index in [0.29, 0.717) is 0 Å². The van der Waals surface area contributed by atoms with Gasteiger partial charge in [-0.05, 0) is 202 Å². The maximum atomic E-state index is 4.74. The van der Waals surface area contributed by atoms with Crippen molar-refractivity contribution < 1.29 is 0 Å². The molecule has 0 saturated heterocycles. The second-order valence-corrected chi connectivity index (χ2v) is 23.5. The lowest BCUT2D eigenvalue weighted by Gasteiger charge is -2.37. The van der Waals surface area contributed by atoms with Gasteiger partial charge < -0.3 is 9.80 Å². The second-order valence-electron chi connectivity index (χ2n) is 23.5. The molecule has 0 atom stereocenters. The zero-order valence-corrected chi connectivity index (χ0v) is 48.9. The predicted octanol–water partition coefficient (Wildman–Crippen LogP) is 21.7. The molecule has 2 aliphatic carbocycles. The zero-order chi connectivity index (χ0) is 56.3. The quantitative estimate of drug-likeness (QED) is 0.0890. The van der Waals surface area contributed by atoms with Gasteiger partial charge in [-0.3, -0.25) is 0 Å². The van der Waals surface area contributed by atoms with E-state index >= 15 is 0 Å². The van der Waals surface area contributed by atoms with Crippen LogP contribution in [0.25, 0.3) is 33.4 Å². The third-order valence-electron chi connectivity index (χ3n) is 17.1. The summed E-state index contributed by atoms with van der Waals surface area (Å²) in [6, 6.07) is 69.9. The first-order chi connectivity index (χ1) is 38.6. The number of rotatable bonds is 16. The number of fused-ring (bicyclic) bond motifs is 4. The molecule has 8 aromatic rings. The van der Waals surface area contributed by atoms with Crippen LogP contribution < -0.4 is 9.80 Å². The first-order valence-corrected chi connectivity index (χ1v) is 28.7. The summed E-state index contributed by atoms with van der Waals surface area (Å²) in [7, 11) is 0. The van der Waals surface area contributed by atoms with Crippen LogP contribution in [0.5, 0.6) is 0 Å². The Hall–Kier alpha value is -8.46. The summed E-state index contributed by atoms with van der Waals surface area (Å²) in [5.74, 6) is 0. The number of hydrogen-bond donors (Lipinski definition) is 0. The van der Waals surface area contributed by atoms with Gasteiger partial charge in [-0.15, -0.1) is 0 Å². The van der Waals surface area contributed by atoms with Crippen LogP contribution in [0, 0.1) is 0 Å². The van der Waals surface area contributed by atoms with E-state index < -0.39 is 0 Å². The molecule has 2 aliphatic rings. The van der Waals surface area contributed by atoms with Gasteiger partial charge >= 0.3 is 0 Å². The largest absolute Gasteiger partial charge is 0.311 e. The number of allylic oxidation sites excluding steroid dienone is 11. The van der Waals surface area contributed by atoms with E-state index in [9.17, 15) is 0 Å². The number of hydrogen-bond acceptors (Lipinski definition) is 2. The van der Waals surface area contributed by atoms with E-state index in [2.05, 4.69) is 316 Å². The fourth-order valence-electron chi connectivity index (χ4n) is 12.6. The highest BCUT2D eigenvalue weighted by atomic mass is 15.1. The lowest BCUT2D eigenvalue weighted by atomic mass is 9.68. The van der Waals surface area contributed by atoms with Crippen LogP contribution >= 0.6 is 0 Å². The van der Waals surface area contributed by atoms with Crippen LogP contribution in [-0.4, -0.2) is 0 Å². The van der Waals surface area contributed by atoms with Crippen LogP contribution in [0.15, 0.2) is 261 Å². The molecular weight excluding hydrogens is 965 g/mol. The number of benzene rings is 8. The van der Waals surface area contributed by atoms with E-state index in [0.717, 1.165) is 59.0 Å². The third-order valence-corrected chi connectivity index (χ3v) is 17.1. The summed E-state index contributed by atoms with van der Waals surface area (Å²) in [5, 5.41) is 0. The van der Waals surface area contributed by atoms with E-state index in [1.54, 1.807) is 0 Å². The Morgan fingerprint density at radius 3 is 1.84 bits per heavy atom. The average molecular weight is 1040 g/mol. The molecule has 2 nitrogen and oxygen atoms in total. The first kappa shape index (κ1) is 54.9. The minimum atomic E-state index is -0.278. The Kier molecular flexibility index (Phi) is 15.6. The SMILES string of the molecule is C=CC1=C(C)Cc2ccc(N(c3ccccc3)c3ccc(-c4cccc(C(C)(C)c5ccc6c(c5)-c5ccc(N(C(=C)/C=C\C(=C/C)c7ccccc7)c7ccc(C(/C=C\CC)=C/C)cc7)cc5C(C)(C)C6)c4)cc3)cc2C1(C)C. The summed E-state index contributed by atoms with van der Waals surface area (Å²) in [5.41, 5.74) is 26.4. The lowest BCUT2D eigenvalue weighted by molar-refractivity contribution is 0.517. The molecule has 0 fully saturated rings. The summed E-state index contributed by atoms with van der Waals surface area (Å²) >= 11 is 0. The van der Waals surface area contributed by atoms with E-state index in [1.807, 2.05) is 0 Å². The summed E-state index contributed by atoms with van der Waals surface area (Å²) in [6.07, 6.45) is 18.1. The normalized spacial score (nSPS) is 14.9. The maximum absolute atomic E-state index is 4.74. The van der Waals surface area contributed by atoms with Crippen molar-refractivity contribution in [2.45, 2.75) is 105 Å². The molecule has 10 rings (SSSR count). The summed E-state index contributed by atoms with van der Waals surface area (Å²) in [6.45, 7) is 31.8. The summed E-state index contributed by atoms with van der Waals surface area (Å²) < 4.78 is 0. The Bertz CT molecular complexity index is 3760. The van der Waals surface area contributed by atoms with Gasteiger partial charge in [0.15, 0.2) is 0 Å². The Morgan fingerprint density at radius 2 is 1.15 bits per heavy atom. The van der Waals surface area contributed by atoms with Gasteiger partial charge in [0.2, 0.25) is 0 Å². The Balaban J connectivity index is 0.964. The second kappa shape index (κ2) is 22.7. The minimum absolute atomic E-state index is 0.105. The van der Waals surface area contributed by atoms with E-state index in [1.165, 1.54) is 83.5 Å². The fraction of sp³-hybridized carbons (Fsp3) is 0.205. The molecule has 400 valence electrons. The maximum Gasteiger partial charge on any atom is 0.0464 e. The van der Waals surface area contributed by atoms with E-state index in [4.69, 9.17) is 6.58 Å². The molecule has 0 bridgehead atoms. The molecule has 0 unspecified atom stereocenters. The highest BCUT2D eigenvalue weighted by molar-refractivity contribution is 5.84. The molecule has 0 spiro atoms. The molecule has 0 aromatic heterocycles. The molecule has 8 aromatic carbocycles. The molecular formula is C78H78N2. The van der Waals surface area contributed by atoms with Gasteiger partial charge in [0, 0.05) is 45.0 Å². The number of para-hydroxylation sites is 1. The first-order valence-electron chi connectivity index (χ1n) is 28.7. The molecule has 0 amide bonds. The lowest BCUT2D eigenvalue weighted by Crippen LogP contribution is -2.27. The third kappa shape index (κ3) is 10.7. The Labute approximate surface area is 478 Å². The Morgan fingerprint density at radius 1 is 0.550 bits per heavy atom. The van der Waals surface area contributed by atoms with Crippen LogP contribution in [0.4, 0.5) is 28.4 Å². The number of nitrogens with zero attached hydrogens (tertiary/aromatic N) is 2. The molecule has 0 aliphatic heterocycles. The molecule has 2 heteroatoms. The average Bonchev–Trinajstić information content (AvgIpc) is 3.62. The minimum Gasteiger partial charge on any atom is -0.311 e. The predicted molar refractivity (Wildman–Crippen MR) is 347 cm³/mol. The highest BCUT2D eigenvalue weighted by Crippen LogP contribution is 2.49. The van der Waals surface area contributed by atoms with Crippen molar-refractivity contribution >= 4 is 39.6 Å². The standard InChI is InChI=1S/C78H78N2/c1-13-17-25-56(14-2)59-35-41-67(42-36-59)79(55(6)32-33-57(15-3)58-26-20-18-21-27-58)69-46-47-71-72-50-65(40-34-63(72)53-76(7,8)75(71)52-69)77(9,10)64-29-24-28-61(49-64)60-37-43-68(44-38-60)80(66-30-22-19-23-31-66)70-45-39-62-48-54(5)73(16-4)78(11,12)74(62)51-70/h14-47,49-52H,4,6,13,48,53H2,1-3,5,7-12H3/b25-17-,33-32-,56-14+,57-15+. The van der Waals surface area contributed by atoms with Crippen molar-refractivity contribution in [2.75, 3.05) is 9.80 Å². The zero-order valence-electron chi connectivity index (χ0n) is 48.9. The van der Waals surface area contributed by atoms with Gasteiger partial charge in [0.1, 0.15) is 0 Å². The van der Waals surface area contributed by atoms with Crippen molar-refractivity contribution in [3.63, 3.8) is 0 Å². The smallest absolute Gasteiger partial charge is 0.0464 e. The molecule has 80 heavy (non-hydrogen) atoms. The van der Waals surface area contributed by atoms with Crippen molar-refractivity contribution in [2.24, 2.45) is 0 Å². The van der Waals surface area contributed by atoms with Crippen molar-refractivity contribution in [3.05, 3.63) is 305 Å². The van der Waals surface area contributed by atoms with Crippen LogP contribution in [0.3, 0.4) is 0 Å². The molecule has 0 saturated carbocycles. The van der Waals surface area contributed by atoms with Gasteiger partial charge in [0.05, 0.1) is 0 Å².